The second kappa shape index (κ2) is 7.39. The van der Waals surface area contributed by atoms with Gasteiger partial charge in [-0.1, -0.05) is 19.1 Å². The van der Waals surface area contributed by atoms with Gasteiger partial charge in [-0.25, -0.2) is 0 Å². The zero-order valence-corrected chi connectivity index (χ0v) is 11.8. The van der Waals surface area contributed by atoms with Crippen LogP contribution < -0.4 is 10.1 Å². The van der Waals surface area contributed by atoms with E-state index in [1.807, 2.05) is 38.1 Å². The van der Waals surface area contributed by atoms with E-state index in [2.05, 4.69) is 19.2 Å². The Balaban J connectivity index is 2.62. The van der Waals surface area contributed by atoms with Crippen molar-refractivity contribution in [2.45, 2.75) is 52.3 Å². The van der Waals surface area contributed by atoms with Gasteiger partial charge in [-0.15, -0.1) is 0 Å². The van der Waals surface area contributed by atoms with Gasteiger partial charge >= 0.3 is 0 Å². The summed E-state index contributed by atoms with van der Waals surface area (Å²) < 4.78 is 5.39. The molecular formula is C15H25NO2. The summed E-state index contributed by atoms with van der Waals surface area (Å²) in [6.07, 6.45) is 0.565. The number of hydrogen-bond donors (Lipinski definition) is 2. The molecule has 0 saturated carbocycles. The molecule has 3 atom stereocenters. The molecule has 1 rings (SSSR count). The predicted octanol–water partition coefficient (Wildman–Crippen LogP) is 2.90. The van der Waals surface area contributed by atoms with Crippen molar-refractivity contribution < 1.29 is 9.84 Å². The van der Waals surface area contributed by atoms with Gasteiger partial charge in [-0.05, 0) is 44.9 Å². The largest absolute Gasteiger partial charge is 0.494 e. The van der Waals surface area contributed by atoms with Crippen molar-refractivity contribution in [3.63, 3.8) is 0 Å². The summed E-state index contributed by atoms with van der Waals surface area (Å²) in [4.78, 5) is 0. The van der Waals surface area contributed by atoms with Gasteiger partial charge in [0.15, 0.2) is 0 Å². The molecule has 3 nitrogen and oxygen atoms in total. The Morgan fingerprint density at radius 1 is 1.17 bits per heavy atom. The molecule has 0 aliphatic heterocycles. The standard InChI is InChI=1S/C15H25NO2/c1-5-11(3)16-12(4)15(17)13-7-9-14(10-8-13)18-6-2/h7-12,15-17H,5-6H2,1-4H3. The van der Waals surface area contributed by atoms with Crippen LogP contribution in [0.1, 0.15) is 45.8 Å². The molecular weight excluding hydrogens is 226 g/mol. The third kappa shape index (κ3) is 4.31. The lowest BCUT2D eigenvalue weighted by Crippen LogP contribution is -2.38. The van der Waals surface area contributed by atoms with Gasteiger partial charge in [0, 0.05) is 12.1 Å². The van der Waals surface area contributed by atoms with E-state index < -0.39 is 6.10 Å². The molecule has 0 amide bonds. The Morgan fingerprint density at radius 3 is 2.28 bits per heavy atom. The van der Waals surface area contributed by atoms with Crippen LogP contribution in [-0.4, -0.2) is 23.8 Å². The number of nitrogens with one attached hydrogen (secondary N) is 1. The van der Waals surface area contributed by atoms with E-state index in [1.165, 1.54) is 0 Å². The first-order valence-electron chi connectivity index (χ1n) is 6.75. The van der Waals surface area contributed by atoms with Crippen molar-refractivity contribution in [2.75, 3.05) is 6.61 Å². The Labute approximate surface area is 110 Å². The minimum atomic E-state index is -0.491. The van der Waals surface area contributed by atoms with E-state index in [1.54, 1.807) is 0 Å². The second-order valence-corrected chi connectivity index (χ2v) is 4.71. The zero-order chi connectivity index (χ0) is 13.5. The van der Waals surface area contributed by atoms with E-state index in [4.69, 9.17) is 4.74 Å². The first kappa shape index (κ1) is 15.0. The summed E-state index contributed by atoms with van der Waals surface area (Å²) in [6, 6.07) is 8.10. The van der Waals surface area contributed by atoms with Crippen LogP contribution >= 0.6 is 0 Å². The molecule has 18 heavy (non-hydrogen) atoms. The molecule has 1 aromatic carbocycles. The minimum absolute atomic E-state index is 0.0397. The number of hydrogen-bond acceptors (Lipinski definition) is 3. The monoisotopic (exact) mass is 251 g/mol. The SMILES string of the molecule is CCOc1ccc(C(O)C(C)NC(C)CC)cc1. The number of ether oxygens (including phenoxy) is 1. The summed E-state index contributed by atoms with van der Waals surface area (Å²) in [5, 5.41) is 13.6. The molecule has 102 valence electrons. The van der Waals surface area contributed by atoms with E-state index in [0.717, 1.165) is 17.7 Å². The molecule has 3 unspecified atom stereocenters. The van der Waals surface area contributed by atoms with Crippen LogP contribution in [0, 0.1) is 0 Å². The lowest BCUT2D eigenvalue weighted by Gasteiger charge is -2.24. The smallest absolute Gasteiger partial charge is 0.119 e. The minimum Gasteiger partial charge on any atom is -0.494 e. The number of aliphatic hydroxyl groups is 1. The molecule has 0 spiro atoms. The van der Waals surface area contributed by atoms with Crippen molar-refractivity contribution in [3.05, 3.63) is 29.8 Å². The van der Waals surface area contributed by atoms with Crippen molar-refractivity contribution >= 4 is 0 Å². The summed E-state index contributed by atoms with van der Waals surface area (Å²) in [5.41, 5.74) is 0.918. The van der Waals surface area contributed by atoms with E-state index in [0.29, 0.717) is 12.6 Å². The Bertz CT molecular complexity index is 337. The van der Waals surface area contributed by atoms with Crippen molar-refractivity contribution in [2.24, 2.45) is 0 Å². The highest BCUT2D eigenvalue weighted by molar-refractivity contribution is 5.29. The third-order valence-corrected chi connectivity index (χ3v) is 3.17. The van der Waals surface area contributed by atoms with Crippen LogP contribution in [0.3, 0.4) is 0 Å². The van der Waals surface area contributed by atoms with Gasteiger partial charge in [0.1, 0.15) is 5.75 Å². The predicted molar refractivity (Wildman–Crippen MR) is 74.9 cm³/mol. The third-order valence-electron chi connectivity index (χ3n) is 3.17. The van der Waals surface area contributed by atoms with E-state index >= 15 is 0 Å². The molecule has 0 fully saturated rings. The maximum Gasteiger partial charge on any atom is 0.119 e. The fraction of sp³-hybridized carbons (Fsp3) is 0.600. The Kier molecular flexibility index (Phi) is 6.16. The first-order valence-corrected chi connectivity index (χ1v) is 6.75. The van der Waals surface area contributed by atoms with Crippen LogP contribution in [0.25, 0.3) is 0 Å². The average Bonchev–Trinajstić information content (AvgIpc) is 2.39. The number of benzene rings is 1. The van der Waals surface area contributed by atoms with Crippen molar-refractivity contribution in [1.29, 1.82) is 0 Å². The van der Waals surface area contributed by atoms with Crippen LogP contribution in [0.15, 0.2) is 24.3 Å². The Hall–Kier alpha value is -1.06. The van der Waals surface area contributed by atoms with Gasteiger partial charge in [-0.2, -0.15) is 0 Å². The van der Waals surface area contributed by atoms with E-state index in [-0.39, 0.29) is 6.04 Å². The van der Waals surface area contributed by atoms with Crippen LogP contribution in [0.2, 0.25) is 0 Å². The summed E-state index contributed by atoms with van der Waals surface area (Å²) in [6.45, 7) is 8.89. The molecule has 0 bridgehead atoms. The molecule has 0 aliphatic carbocycles. The van der Waals surface area contributed by atoms with Gasteiger partial charge in [0.25, 0.3) is 0 Å². The molecule has 0 radical (unpaired) electrons. The van der Waals surface area contributed by atoms with Crippen LogP contribution in [0.4, 0.5) is 0 Å². The lowest BCUT2D eigenvalue weighted by molar-refractivity contribution is 0.130. The van der Waals surface area contributed by atoms with Gasteiger partial charge in [0.2, 0.25) is 0 Å². The molecule has 0 aliphatic rings. The van der Waals surface area contributed by atoms with Crippen LogP contribution in [0.5, 0.6) is 5.75 Å². The fourth-order valence-corrected chi connectivity index (χ4v) is 1.87. The average molecular weight is 251 g/mol. The zero-order valence-electron chi connectivity index (χ0n) is 11.8. The molecule has 0 aromatic heterocycles. The lowest BCUT2D eigenvalue weighted by atomic mass is 10.0. The summed E-state index contributed by atoms with van der Waals surface area (Å²) >= 11 is 0. The Morgan fingerprint density at radius 2 is 1.78 bits per heavy atom. The number of rotatable bonds is 7. The second-order valence-electron chi connectivity index (χ2n) is 4.71. The first-order chi connectivity index (χ1) is 8.58. The highest BCUT2D eigenvalue weighted by Crippen LogP contribution is 2.20. The summed E-state index contributed by atoms with van der Waals surface area (Å²) in [5.74, 6) is 0.844. The van der Waals surface area contributed by atoms with E-state index in [9.17, 15) is 5.11 Å². The highest BCUT2D eigenvalue weighted by Gasteiger charge is 2.17. The molecule has 0 saturated heterocycles. The maximum atomic E-state index is 10.3. The quantitative estimate of drug-likeness (QED) is 0.783. The van der Waals surface area contributed by atoms with Crippen LogP contribution in [-0.2, 0) is 0 Å². The van der Waals surface area contributed by atoms with Gasteiger partial charge in [0.05, 0.1) is 12.7 Å². The maximum absolute atomic E-state index is 10.3. The highest BCUT2D eigenvalue weighted by atomic mass is 16.5. The normalized spacial score (nSPS) is 16.1. The fourth-order valence-electron chi connectivity index (χ4n) is 1.87. The molecule has 3 heteroatoms. The topological polar surface area (TPSA) is 41.5 Å². The van der Waals surface area contributed by atoms with Crippen molar-refractivity contribution in [1.82, 2.24) is 5.32 Å². The molecule has 0 heterocycles. The summed E-state index contributed by atoms with van der Waals surface area (Å²) in [7, 11) is 0. The van der Waals surface area contributed by atoms with Gasteiger partial charge < -0.3 is 15.2 Å². The number of aliphatic hydroxyl groups excluding tert-OH is 1. The molecule has 2 N–H and O–H groups in total. The van der Waals surface area contributed by atoms with Crippen molar-refractivity contribution in [3.8, 4) is 5.75 Å². The molecule has 1 aromatic rings. The van der Waals surface area contributed by atoms with Gasteiger partial charge in [-0.3, -0.25) is 0 Å².